The summed E-state index contributed by atoms with van der Waals surface area (Å²) in [6, 6.07) is 1.17. The van der Waals surface area contributed by atoms with Gasteiger partial charge in [-0.1, -0.05) is 34.5 Å². The molecule has 1 aliphatic carbocycles. The van der Waals surface area contributed by atoms with Gasteiger partial charge in [0.05, 0.1) is 9.72 Å². The average molecular weight is 358 g/mol. The second-order valence-corrected chi connectivity index (χ2v) is 7.24. The third-order valence-corrected chi connectivity index (χ3v) is 5.38. The summed E-state index contributed by atoms with van der Waals surface area (Å²) in [6.07, 6.45) is 3.53. The first-order chi connectivity index (χ1) is 10.6. The Bertz CT molecular complexity index is 959. The summed E-state index contributed by atoms with van der Waals surface area (Å²) in [6.45, 7) is 0. The fourth-order valence-corrected chi connectivity index (χ4v) is 4.37. The Morgan fingerprint density at radius 1 is 1.32 bits per heavy atom. The molecule has 0 saturated carbocycles. The first kappa shape index (κ1) is 14.2. The minimum Gasteiger partial charge on any atom is -0.295 e. The van der Waals surface area contributed by atoms with Gasteiger partial charge in [-0.2, -0.15) is 0 Å². The van der Waals surface area contributed by atoms with E-state index in [1.807, 2.05) is 0 Å². The number of fused-ring (bicyclic) bond motifs is 2. The summed E-state index contributed by atoms with van der Waals surface area (Å²) in [4.78, 5) is 16.7. The molecule has 0 aliphatic heterocycles. The molecule has 0 atom stereocenters. The van der Waals surface area contributed by atoms with Gasteiger partial charge < -0.3 is 0 Å². The molecule has 0 radical (unpaired) electrons. The fourth-order valence-electron chi connectivity index (χ4n) is 2.92. The van der Waals surface area contributed by atoms with E-state index in [0.29, 0.717) is 10.2 Å². The van der Waals surface area contributed by atoms with Gasteiger partial charge in [0.15, 0.2) is 10.3 Å². The minimum atomic E-state index is -0.571. The lowest BCUT2D eigenvalue weighted by atomic mass is 9.98. The monoisotopic (exact) mass is 357 g/mol. The summed E-state index contributed by atoms with van der Waals surface area (Å²) in [5.74, 6) is -0.571. The zero-order valence-electron chi connectivity index (χ0n) is 11.3. The zero-order chi connectivity index (χ0) is 15.4. The number of H-pyrrole nitrogens is 1. The number of rotatable bonds is 1. The van der Waals surface area contributed by atoms with E-state index in [1.54, 1.807) is 0 Å². The molecule has 1 aromatic carbocycles. The first-order valence-corrected chi connectivity index (χ1v) is 8.40. The van der Waals surface area contributed by atoms with Crippen LogP contribution in [0.5, 0.6) is 0 Å². The fraction of sp³-hybridized carbons (Fsp3) is 0.286. The third-order valence-electron chi connectivity index (χ3n) is 3.92. The van der Waals surface area contributed by atoms with Crippen LogP contribution in [0.2, 0.25) is 9.49 Å². The van der Waals surface area contributed by atoms with Crippen molar-refractivity contribution >= 4 is 44.8 Å². The molecule has 4 rings (SSSR count). The van der Waals surface area contributed by atoms with E-state index in [1.165, 1.54) is 10.7 Å². The third kappa shape index (κ3) is 2.01. The molecule has 0 unspecified atom stereocenters. The Morgan fingerprint density at radius 3 is 2.86 bits per heavy atom. The van der Waals surface area contributed by atoms with Crippen molar-refractivity contribution in [2.45, 2.75) is 25.7 Å². The maximum absolute atomic E-state index is 14.5. The lowest BCUT2D eigenvalue weighted by molar-refractivity contribution is 0.610. The smallest absolute Gasteiger partial charge is 0.274 e. The van der Waals surface area contributed by atoms with Crippen molar-refractivity contribution < 1.29 is 4.39 Å². The Labute approximate surface area is 138 Å². The molecule has 2 aromatic heterocycles. The van der Waals surface area contributed by atoms with Gasteiger partial charge in [0.25, 0.3) is 5.56 Å². The molecule has 0 bridgehead atoms. The number of nitrogens with zero attached hydrogens (tertiary/aromatic N) is 2. The van der Waals surface area contributed by atoms with Crippen LogP contribution in [-0.2, 0) is 12.8 Å². The lowest BCUT2D eigenvalue weighted by Gasteiger charge is -2.07. The van der Waals surface area contributed by atoms with Crippen LogP contribution in [0.4, 0.5) is 4.39 Å². The van der Waals surface area contributed by atoms with E-state index in [-0.39, 0.29) is 20.7 Å². The standard InChI is InChI=1S/C14H10Cl2FN3OS/c15-7-5-8(17)11(12-10(7)18-14(16)22-12)20-13(21)6-3-1-2-4-9(6)19-20/h5,19H,1-4H2. The van der Waals surface area contributed by atoms with Crippen LogP contribution in [0.15, 0.2) is 10.9 Å². The quantitative estimate of drug-likeness (QED) is 0.712. The minimum absolute atomic E-state index is 0.142. The van der Waals surface area contributed by atoms with Crippen molar-refractivity contribution in [3.05, 3.63) is 43.0 Å². The number of halogens is 3. The highest BCUT2D eigenvalue weighted by Crippen LogP contribution is 2.36. The largest absolute Gasteiger partial charge is 0.295 e. The highest BCUT2D eigenvalue weighted by molar-refractivity contribution is 7.22. The van der Waals surface area contributed by atoms with Gasteiger partial charge in [0.2, 0.25) is 0 Å². The highest BCUT2D eigenvalue weighted by atomic mass is 35.5. The van der Waals surface area contributed by atoms with Crippen LogP contribution in [0.3, 0.4) is 0 Å². The maximum atomic E-state index is 14.5. The van der Waals surface area contributed by atoms with Crippen molar-refractivity contribution in [2.24, 2.45) is 0 Å². The molecule has 114 valence electrons. The van der Waals surface area contributed by atoms with Gasteiger partial charge >= 0.3 is 0 Å². The van der Waals surface area contributed by atoms with Gasteiger partial charge in [-0.15, -0.1) is 0 Å². The predicted molar refractivity (Wildman–Crippen MR) is 86.2 cm³/mol. The van der Waals surface area contributed by atoms with Gasteiger partial charge in [-0.05, 0) is 31.7 Å². The van der Waals surface area contributed by atoms with Crippen molar-refractivity contribution in [1.29, 1.82) is 0 Å². The molecule has 0 amide bonds. The SMILES string of the molecule is O=c1c2c([nH]n1-c1c(F)cc(Cl)c3nc(Cl)sc13)CCCC2. The molecule has 0 spiro atoms. The number of benzene rings is 1. The van der Waals surface area contributed by atoms with Crippen molar-refractivity contribution in [3.63, 3.8) is 0 Å². The molecule has 3 aromatic rings. The topological polar surface area (TPSA) is 50.7 Å². The van der Waals surface area contributed by atoms with E-state index < -0.39 is 5.82 Å². The molecule has 1 N–H and O–H groups in total. The van der Waals surface area contributed by atoms with Gasteiger partial charge in [0, 0.05) is 11.3 Å². The lowest BCUT2D eigenvalue weighted by Crippen LogP contribution is -2.19. The molecule has 8 heteroatoms. The number of thiazole rings is 1. The van der Waals surface area contributed by atoms with Gasteiger partial charge in [-0.25, -0.2) is 14.1 Å². The van der Waals surface area contributed by atoms with Crippen molar-refractivity contribution in [1.82, 2.24) is 14.8 Å². The van der Waals surface area contributed by atoms with Gasteiger partial charge in [-0.3, -0.25) is 9.89 Å². The Hall–Kier alpha value is -1.37. The first-order valence-electron chi connectivity index (χ1n) is 6.83. The highest BCUT2D eigenvalue weighted by Gasteiger charge is 2.23. The molecule has 2 heterocycles. The normalized spacial score (nSPS) is 14.5. The van der Waals surface area contributed by atoms with Crippen LogP contribution in [0.1, 0.15) is 24.1 Å². The Balaban J connectivity index is 2.07. The number of aromatic nitrogens is 3. The number of aromatic amines is 1. The second-order valence-electron chi connectivity index (χ2n) is 5.25. The second kappa shape index (κ2) is 5.08. The van der Waals surface area contributed by atoms with Crippen LogP contribution in [0, 0.1) is 5.82 Å². The van der Waals surface area contributed by atoms with Crippen LogP contribution in [0.25, 0.3) is 15.9 Å². The van der Waals surface area contributed by atoms with Crippen molar-refractivity contribution in [3.8, 4) is 5.69 Å². The van der Waals surface area contributed by atoms with Crippen LogP contribution < -0.4 is 5.56 Å². The van der Waals surface area contributed by atoms with E-state index in [4.69, 9.17) is 23.2 Å². The molecular weight excluding hydrogens is 348 g/mol. The molecule has 0 saturated heterocycles. The Kier molecular flexibility index (Phi) is 3.29. The number of aryl methyl sites for hydroxylation is 1. The zero-order valence-corrected chi connectivity index (χ0v) is 13.6. The predicted octanol–water partition coefficient (Wildman–Crippen LogP) is 4.10. The molecule has 4 nitrogen and oxygen atoms in total. The van der Waals surface area contributed by atoms with E-state index in [2.05, 4.69) is 10.1 Å². The number of nitrogens with one attached hydrogen (secondary N) is 1. The maximum Gasteiger partial charge on any atom is 0.274 e. The molecule has 1 aliphatic rings. The van der Waals surface area contributed by atoms with Crippen LogP contribution in [-0.4, -0.2) is 14.8 Å². The van der Waals surface area contributed by atoms with E-state index in [9.17, 15) is 9.18 Å². The summed E-state index contributed by atoms with van der Waals surface area (Å²) in [5.41, 5.74) is 1.97. The van der Waals surface area contributed by atoms with E-state index in [0.717, 1.165) is 48.3 Å². The number of hydrogen-bond acceptors (Lipinski definition) is 3. The van der Waals surface area contributed by atoms with Crippen LogP contribution >= 0.6 is 34.5 Å². The summed E-state index contributed by atoms with van der Waals surface area (Å²) >= 11 is 13.1. The summed E-state index contributed by atoms with van der Waals surface area (Å²) in [5, 5.41) is 3.22. The average Bonchev–Trinajstić information content (AvgIpc) is 3.01. The van der Waals surface area contributed by atoms with E-state index >= 15 is 0 Å². The Morgan fingerprint density at radius 2 is 2.09 bits per heavy atom. The molecule has 22 heavy (non-hydrogen) atoms. The molecular formula is C14H10Cl2FN3OS. The van der Waals surface area contributed by atoms with Crippen molar-refractivity contribution in [2.75, 3.05) is 0 Å². The number of hydrogen-bond donors (Lipinski definition) is 1. The van der Waals surface area contributed by atoms with Gasteiger partial charge in [0.1, 0.15) is 11.2 Å². The molecule has 0 fully saturated rings. The summed E-state index contributed by atoms with van der Waals surface area (Å²) < 4.78 is 16.5. The summed E-state index contributed by atoms with van der Waals surface area (Å²) in [7, 11) is 0.